The Bertz CT molecular complexity index is 171. The summed E-state index contributed by atoms with van der Waals surface area (Å²) in [5.41, 5.74) is 0. The predicted molar refractivity (Wildman–Crippen MR) is 59.3 cm³/mol. The Morgan fingerprint density at radius 2 is 1.85 bits per heavy atom. The van der Waals surface area contributed by atoms with Gasteiger partial charge >= 0.3 is 0 Å². The highest BCUT2D eigenvalue weighted by Crippen LogP contribution is 2.33. The molecule has 0 spiro atoms. The Morgan fingerprint density at radius 1 is 1.31 bits per heavy atom. The molecule has 0 heterocycles. The lowest BCUT2D eigenvalue weighted by Gasteiger charge is -2.30. The normalized spacial score (nSPS) is 34.1. The molecule has 0 saturated heterocycles. The maximum absolute atomic E-state index is 11.3. The third-order valence-electron chi connectivity index (χ3n) is 3.64. The summed E-state index contributed by atoms with van der Waals surface area (Å²) in [4.78, 5) is 0. The van der Waals surface area contributed by atoms with E-state index < -0.39 is 10.8 Å². The van der Waals surface area contributed by atoms with E-state index in [9.17, 15) is 4.21 Å². The van der Waals surface area contributed by atoms with Gasteiger partial charge in [0.2, 0.25) is 0 Å². The average Bonchev–Trinajstić information content (AvgIpc) is 2.17. The number of hydrogen-bond acceptors (Lipinski definition) is 1. The van der Waals surface area contributed by atoms with Crippen LogP contribution in [0.3, 0.4) is 0 Å². The molecular formula is C11H22OS. The summed E-state index contributed by atoms with van der Waals surface area (Å²) in [7, 11) is -0.582. The molecule has 0 amide bonds. The van der Waals surface area contributed by atoms with Crippen LogP contribution in [-0.4, -0.2) is 15.7 Å². The van der Waals surface area contributed by atoms with E-state index in [4.69, 9.17) is 0 Å². The van der Waals surface area contributed by atoms with Gasteiger partial charge in [-0.1, -0.05) is 20.3 Å². The zero-order chi connectivity index (χ0) is 9.84. The summed E-state index contributed by atoms with van der Waals surface area (Å²) in [6.45, 7) is 4.63. The second kappa shape index (κ2) is 5.14. The Hall–Kier alpha value is 0.150. The summed E-state index contributed by atoms with van der Waals surface area (Å²) in [5, 5.41) is 0.500. The lowest BCUT2D eigenvalue weighted by molar-refractivity contribution is 0.261. The Balaban J connectivity index is 2.34. The molecule has 2 unspecified atom stereocenters. The molecule has 0 aliphatic heterocycles. The first-order valence-electron chi connectivity index (χ1n) is 5.47. The van der Waals surface area contributed by atoms with Crippen LogP contribution in [0.5, 0.6) is 0 Å². The molecule has 2 atom stereocenters. The van der Waals surface area contributed by atoms with E-state index in [0.717, 1.165) is 11.8 Å². The molecule has 0 radical (unpaired) electrons. The summed E-state index contributed by atoms with van der Waals surface area (Å²) in [6.07, 6.45) is 8.15. The van der Waals surface area contributed by atoms with Gasteiger partial charge in [0.15, 0.2) is 0 Å². The Kier molecular flexibility index (Phi) is 4.43. The van der Waals surface area contributed by atoms with E-state index in [2.05, 4.69) is 13.8 Å². The van der Waals surface area contributed by atoms with Gasteiger partial charge in [0.1, 0.15) is 0 Å². The van der Waals surface area contributed by atoms with Crippen molar-refractivity contribution in [2.75, 3.05) is 6.26 Å². The quantitative estimate of drug-likeness (QED) is 0.687. The summed E-state index contributed by atoms with van der Waals surface area (Å²) < 4.78 is 11.3. The zero-order valence-electron chi connectivity index (χ0n) is 9.08. The van der Waals surface area contributed by atoms with Crippen molar-refractivity contribution in [3.63, 3.8) is 0 Å². The molecule has 2 heteroatoms. The van der Waals surface area contributed by atoms with E-state index in [1.165, 1.54) is 32.1 Å². The molecule has 0 aromatic heterocycles. The molecule has 0 aromatic rings. The molecular weight excluding hydrogens is 180 g/mol. The third-order valence-corrected chi connectivity index (χ3v) is 5.05. The van der Waals surface area contributed by atoms with Crippen LogP contribution in [0.1, 0.15) is 46.0 Å². The van der Waals surface area contributed by atoms with Crippen LogP contribution >= 0.6 is 0 Å². The summed E-state index contributed by atoms with van der Waals surface area (Å²) in [6, 6.07) is 0. The van der Waals surface area contributed by atoms with Crippen molar-refractivity contribution in [2.45, 2.75) is 51.2 Å². The zero-order valence-corrected chi connectivity index (χ0v) is 9.90. The first kappa shape index (κ1) is 11.2. The minimum atomic E-state index is -0.582. The van der Waals surface area contributed by atoms with Crippen molar-refractivity contribution in [1.29, 1.82) is 0 Å². The van der Waals surface area contributed by atoms with Gasteiger partial charge in [-0.05, 0) is 37.5 Å². The van der Waals surface area contributed by atoms with Gasteiger partial charge < -0.3 is 0 Å². The van der Waals surface area contributed by atoms with Crippen molar-refractivity contribution in [3.05, 3.63) is 0 Å². The van der Waals surface area contributed by atoms with Crippen LogP contribution in [0.25, 0.3) is 0 Å². The summed E-state index contributed by atoms with van der Waals surface area (Å²) in [5.74, 6) is 1.77. The highest BCUT2D eigenvalue weighted by atomic mass is 32.2. The van der Waals surface area contributed by atoms with E-state index in [1.54, 1.807) is 0 Å². The fourth-order valence-corrected chi connectivity index (χ4v) is 3.26. The molecule has 1 rings (SSSR count). The average molecular weight is 202 g/mol. The number of rotatable bonds is 3. The van der Waals surface area contributed by atoms with Gasteiger partial charge in [0.05, 0.1) is 0 Å². The Labute approximate surface area is 84.8 Å². The molecule has 0 aromatic carbocycles. The molecule has 0 bridgehead atoms. The van der Waals surface area contributed by atoms with Gasteiger partial charge in [-0.15, -0.1) is 0 Å². The van der Waals surface area contributed by atoms with Gasteiger partial charge in [-0.25, -0.2) is 0 Å². The van der Waals surface area contributed by atoms with Gasteiger partial charge in [-0.3, -0.25) is 4.21 Å². The number of hydrogen-bond donors (Lipinski definition) is 0. The van der Waals surface area contributed by atoms with Crippen molar-refractivity contribution in [2.24, 2.45) is 11.8 Å². The lowest BCUT2D eigenvalue weighted by atomic mass is 9.80. The fourth-order valence-electron chi connectivity index (χ4n) is 2.32. The maximum atomic E-state index is 11.3. The molecule has 1 nitrogen and oxygen atoms in total. The van der Waals surface area contributed by atoms with Gasteiger partial charge in [0, 0.05) is 22.3 Å². The highest BCUT2D eigenvalue weighted by molar-refractivity contribution is 7.84. The van der Waals surface area contributed by atoms with E-state index >= 15 is 0 Å². The molecule has 78 valence electrons. The molecule has 1 fully saturated rings. The smallest absolute Gasteiger partial charge is 0.0345 e. The first-order chi connectivity index (χ1) is 6.15. The molecule has 0 N–H and O–H groups in total. The van der Waals surface area contributed by atoms with Crippen molar-refractivity contribution >= 4 is 10.8 Å². The van der Waals surface area contributed by atoms with E-state index in [1.807, 2.05) is 6.26 Å². The van der Waals surface area contributed by atoms with Crippen molar-refractivity contribution in [3.8, 4) is 0 Å². The standard InChI is InChI=1S/C11H22OS/c1-4-9(2)10-5-7-11(8-6-10)13(3)12/h9-11H,4-8H2,1-3H3. The first-order valence-corrected chi connectivity index (χ1v) is 7.09. The molecule has 1 saturated carbocycles. The second-order valence-electron chi connectivity index (χ2n) is 4.42. The van der Waals surface area contributed by atoms with Crippen LogP contribution < -0.4 is 0 Å². The van der Waals surface area contributed by atoms with Crippen LogP contribution in [0.2, 0.25) is 0 Å². The Morgan fingerprint density at radius 3 is 2.23 bits per heavy atom. The third kappa shape index (κ3) is 3.08. The van der Waals surface area contributed by atoms with E-state index in [-0.39, 0.29) is 0 Å². The van der Waals surface area contributed by atoms with Crippen LogP contribution in [-0.2, 0) is 10.8 Å². The molecule has 13 heavy (non-hydrogen) atoms. The SMILES string of the molecule is CCC(C)C1CCC(S(C)=O)CC1. The molecule has 1 aliphatic rings. The van der Waals surface area contributed by atoms with E-state index in [0.29, 0.717) is 5.25 Å². The largest absolute Gasteiger partial charge is 0.260 e. The second-order valence-corrected chi connectivity index (χ2v) is 6.08. The van der Waals surface area contributed by atoms with Crippen LogP contribution in [0, 0.1) is 11.8 Å². The minimum absolute atomic E-state index is 0.500. The predicted octanol–water partition coefficient (Wildman–Crippen LogP) is 2.97. The van der Waals surface area contributed by atoms with Crippen LogP contribution in [0.4, 0.5) is 0 Å². The highest BCUT2D eigenvalue weighted by Gasteiger charge is 2.25. The van der Waals surface area contributed by atoms with Crippen molar-refractivity contribution < 1.29 is 4.21 Å². The monoisotopic (exact) mass is 202 g/mol. The van der Waals surface area contributed by atoms with Gasteiger partial charge in [-0.2, -0.15) is 0 Å². The minimum Gasteiger partial charge on any atom is -0.260 e. The fraction of sp³-hybridized carbons (Fsp3) is 1.00. The van der Waals surface area contributed by atoms with Crippen LogP contribution in [0.15, 0.2) is 0 Å². The van der Waals surface area contributed by atoms with Crippen molar-refractivity contribution in [1.82, 2.24) is 0 Å². The maximum Gasteiger partial charge on any atom is 0.0345 e. The molecule has 1 aliphatic carbocycles. The topological polar surface area (TPSA) is 17.1 Å². The lowest BCUT2D eigenvalue weighted by Crippen LogP contribution is -2.25. The summed E-state index contributed by atoms with van der Waals surface area (Å²) >= 11 is 0. The van der Waals surface area contributed by atoms with Gasteiger partial charge in [0.25, 0.3) is 0 Å².